The van der Waals surface area contributed by atoms with E-state index in [1.807, 2.05) is 0 Å². The Hall–Kier alpha value is -1.90. The number of imide groups is 1. The highest BCUT2D eigenvalue weighted by atomic mass is 35.5. The van der Waals surface area contributed by atoms with Gasteiger partial charge in [0.15, 0.2) is 0 Å². The third-order valence-electron chi connectivity index (χ3n) is 7.89. The number of methoxy groups -OCH3 is 1. The molecule has 3 fully saturated rings. The van der Waals surface area contributed by atoms with E-state index < -0.39 is 45.3 Å². The summed E-state index contributed by atoms with van der Waals surface area (Å²) in [7, 11) is 15.4. The van der Waals surface area contributed by atoms with Crippen LogP contribution in [0.4, 0.5) is 11.4 Å². The number of fused-ring (bicyclic) bond motifs is 7. The molecule has 13 heteroatoms. The van der Waals surface area contributed by atoms with Gasteiger partial charge >= 0.3 is 0 Å². The van der Waals surface area contributed by atoms with E-state index in [9.17, 15) is 14.4 Å². The molecule has 1 N–H and O–H groups in total. The number of nitrogens with one attached hydrogen (secondary N) is 1. The summed E-state index contributed by atoms with van der Waals surface area (Å²) in [5.74, 6) is -1.96. The number of hydrogen-bond donors (Lipinski definition) is 1. The molecule has 3 saturated heterocycles. The largest absolute Gasteiger partial charge is 0.497 e. The van der Waals surface area contributed by atoms with Gasteiger partial charge in [-0.05, 0) is 30.7 Å². The van der Waals surface area contributed by atoms with Gasteiger partial charge in [0.25, 0.3) is 0 Å². The van der Waals surface area contributed by atoms with E-state index in [0.29, 0.717) is 5.75 Å². The zero-order chi connectivity index (χ0) is 25.9. The molecule has 4 aliphatic heterocycles. The summed E-state index contributed by atoms with van der Waals surface area (Å²) in [4.78, 5) is 45.0. The lowest BCUT2D eigenvalue weighted by Gasteiger charge is -2.44. The van der Waals surface area contributed by atoms with E-state index in [1.54, 1.807) is 4.90 Å². The van der Waals surface area contributed by atoms with Crippen molar-refractivity contribution in [3.8, 4) is 5.75 Å². The number of alkyl halides is 1. The highest BCUT2D eigenvalue weighted by molar-refractivity contribution is 6.56. The minimum absolute atomic E-state index is 0.114. The summed E-state index contributed by atoms with van der Waals surface area (Å²) in [6.45, 7) is 0.159. The molecule has 4 radical (unpaired) electrons. The van der Waals surface area contributed by atoms with E-state index in [1.165, 1.54) is 37.4 Å². The summed E-state index contributed by atoms with van der Waals surface area (Å²) in [6, 6.07) is 6.57. The molecule has 0 aromatic heterocycles. The van der Waals surface area contributed by atoms with Crippen molar-refractivity contribution in [1.29, 1.82) is 0 Å². The van der Waals surface area contributed by atoms with Crippen molar-refractivity contribution in [3.05, 3.63) is 51.0 Å². The van der Waals surface area contributed by atoms with Gasteiger partial charge in [0.2, 0.25) is 17.7 Å². The van der Waals surface area contributed by atoms with Crippen LogP contribution in [0.2, 0.25) is 25.7 Å². The highest BCUT2D eigenvalue weighted by Gasteiger charge is 2.85. The van der Waals surface area contributed by atoms with Crippen molar-refractivity contribution in [1.82, 2.24) is 4.90 Å². The van der Waals surface area contributed by atoms with E-state index in [-0.39, 0.29) is 45.0 Å². The lowest BCUT2D eigenvalue weighted by atomic mass is 9.39. The van der Waals surface area contributed by atoms with Gasteiger partial charge in [-0.3, -0.25) is 24.2 Å². The quantitative estimate of drug-likeness (QED) is 0.344. The Bertz CT molecular complexity index is 1410. The Kier molecular flexibility index (Phi) is 5.14. The predicted molar refractivity (Wildman–Crippen MR) is 139 cm³/mol. The molecule has 36 heavy (non-hydrogen) atoms. The second-order valence-electron chi connectivity index (χ2n) is 9.45. The first-order valence-electron chi connectivity index (χ1n) is 11.0. The fourth-order valence-electron chi connectivity index (χ4n) is 6.49. The van der Waals surface area contributed by atoms with Crippen molar-refractivity contribution in [2.24, 2.45) is 0 Å². The zero-order valence-electron chi connectivity index (χ0n) is 18.6. The summed E-state index contributed by atoms with van der Waals surface area (Å²) < 4.78 is 5.26. The minimum Gasteiger partial charge on any atom is -0.497 e. The first-order chi connectivity index (χ1) is 16.9. The van der Waals surface area contributed by atoms with Crippen LogP contribution in [0, 0.1) is 0 Å². The zero-order valence-corrected chi connectivity index (χ0v) is 21.7. The number of hydrogen-bond acceptors (Lipinski definition) is 5. The molecule has 4 unspecified atom stereocenters. The number of anilines is 2. The maximum absolute atomic E-state index is 14.3. The van der Waals surface area contributed by atoms with Crippen molar-refractivity contribution in [3.63, 3.8) is 0 Å². The lowest BCUT2D eigenvalue weighted by molar-refractivity contribution is -0.134. The molecule has 3 amide bonds. The SMILES string of the molecule is [B]C12C(=O)N(c3cc(Cl)cc(OC)c3)C(=O)C1([B])C1(C(=O)Nc3c(Cl)cc(Cl)cc31)N1C[C@@H](Cl)CC12. The van der Waals surface area contributed by atoms with Crippen molar-refractivity contribution < 1.29 is 19.1 Å². The number of amides is 3. The number of ether oxygens (including phenoxy) is 1. The standard InChI is InChI=1S/C23H15B2Cl4N3O4/c1-36-13-3-9(26)2-12(7-13)32-19(34)21(24)16-6-11(28)8-31(16)22(23(21,25)20(32)35)14-4-10(27)5-15(29)17(14)30-18(22)33/h2-5,7,11,16H,6,8H2,1H3,(H,30,33)/t11-,16?,21?,22?,23?/m0/s1. The van der Waals surface area contributed by atoms with Gasteiger partial charge in [0.1, 0.15) is 11.3 Å². The highest BCUT2D eigenvalue weighted by Crippen LogP contribution is 2.78. The van der Waals surface area contributed by atoms with Gasteiger partial charge in [-0.1, -0.05) is 34.8 Å². The van der Waals surface area contributed by atoms with E-state index in [0.717, 1.165) is 4.90 Å². The van der Waals surface area contributed by atoms with Gasteiger partial charge in [-0.15, -0.1) is 11.6 Å². The smallest absolute Gasteiger partial charge is 0.250 e. The van der Waals surface area contributed by atoms with E-state index in [2.05, 4.69) is 5.32 Å². The molecule has 4 aliphatic rings. The Balaban J connectivity index is 1.66. The molecule has 1 spiro atoms. The molecule has 2 aromatic carbocycles. The summed E-state index contributed by atoms with van der Waals surface area (Å²) in [5.41, 5.74) is -1.27. The average Bonchev–Trinajstić information content (AvgIpc) is 3.43. The lowest BCUT2D eigenvalue weighted by Crippen LogP contribution is -2.57. The van der Waals surface area contributed by atoms with Crippen LogP contribution in [0.15, 0.2) is 30.3 Å². The third-order valence-corrected chi connectivity index (χ3v) is 8.94. The summed E-state index contributed by atoms with van der Waals surface area (Å²) >= 11 is 25.6. The van der Waals surface area contributed by atoms with Crippen LogP contribution >= 0.6 is 46.4 Å². The number of carbonyl (C=O) groups is 3. The number of rotatable bonds is 2. The first-order valence-corrected chi connectivity index (χ1v) is 12.5. The van der Waals surface area contributed by atoms with Gasteiger partial charge in [0.05, 0.1) is 44.5 Å². The van der Waals surface area contributed by atoms with Crippen molar-refractivity contribution >= 4 is 91.2 Å². The molecule has 0 aliphatic carbocycles. The predicted octanol–water partition coefficient (Wildman–Crippen LogP) is 3.73. The van der Waals surface area contributed by atoms with Gasteiger partial charge in [-0.2, -0.15) is 0 Å². The van der Waals surface area contributed by atoms with E-state index >= 15 is 0 Å². The number of halogens is 4. The Labute approximate surface area is 229 Å². The van der Waals surface area contributed by atoms with Crippen LogP contribution < -0.4 is 15.0 Å². The van der Waals surface area contributed by atoms with Crippen LogP contribution in [0.3, 0.4) is 0 Å². The maximum Gasteiger partial charge on any atom is 0.250 e. The molecule has 6 rings (SSSR count). The second kappa shape index (κ2) is 7.58. The fourth-order valence-corrected chi connectivity index (χ4v) is 7.57. The molecule has 5 atom stereocenters. The third kappa shape index (κ3) is 2.56. The van der Waals surface area contributed by atoms with Crippen LogP contribution in [0.5, 0.6) is 5.75 Å². The van der Waals surface area contributed by atoms with Crippen LogP contribution in [-0.2, 0) is 19.9 Å². The summed E-state index contributed by atoms with van der Waals surface area (Å²) in [5, 5.41) is -1.35. The van der Waals surface area contributed by atoms with Crippen LogP contribution in [0.25, 0.3) is 0 Å². The summed E-state index contributed by atoms with van der Waals surface area (Å²) in [6.07, 6.45) is 0.224. The van der Waals surface area contributed by atoms with Gasteiger partial charge < -0.3 is 10.1 Å². The normalized spacial score (nSPS) is 34.8. The van der Waals surface area contributed by atoms with E-state index in [4.69, 9.17) is 66.8 Å². The van der Waals surface area contributed by atoms with Crippen LogP contribution in [0.1, 0.15) is 12.0 Å². The van der Waals surface area contributed by atoms with Crippen molar-refractivity contribution in [2.45, 2.75) is 34.0 Å². The minimum atomic E-state index is -2.24. The molecule has 4 heterocycles. The fraction of sp³-hybridized carbons (Fsp3) is 0.348. The first kappa shape index (κ1) is 24.4. The molecule has 0 bridgehead atoms. The second-order valence-corrected chi connectivity index (χ2v) is 11.3. The molecule has 7 nitrogen and oxygen atoms in total. The van der Waals surface area contributed by atoms with Gasteiger partial charge in [-0.25, -0.2) is 0 Å². The monoisotopic (exact) mass is 559 g/mol. The Morgan fingerprint density at radius 1 is 1.03 bits per heavy atom. The molecular weight excluding hydrogens is 546 g/mol. The molecule has 0 saturated carbocycles. The molecule has 180 valence electrons. The maximum atomic E-state index is 14.3. The number of carbonyl (C=O) groups excluding carboxylic acids is 3. The van der Waals surface area contributed by atoms with Gasteiger partial charge in [0, 0.05) is 45.0 Å². The number of benzene rings is 2. The topological polar surface area (TPSA) is 78.9 Å². The van der Waals surface area contributed by atoms with Crippen molar-refractivity contribution in [2.75, 3.05) is 23.9 Å². The average molecular weight is 561 g/mol. The van der Waals surface area contributed by atoms with Crippen LogP contribution in [-0.4, -0.2) is 63.4 Å². The molecule has 2 aromatic rings. The Morgan fingerprint density at radius 3 is 2.42 bits per heavy atom. The molecular formula is C23H15B2Cl4N3O4. The Morgan fingerprint density at radius 2 is 1.72 bits per heavy atom. The number of nitrogens with zero attached hydrogens (tertiary/aromatic N) is 2.